The fourth-order valence-electron chi connectivity index (χ4n) is 1.70. The summed E-state index contributed by atoms with van der Waals surface area (Å²) < 4.78 is 15.9. The fourth-order valence-corrected chi connectivity index (χ4v) is 1.70. The Labute approximate surface area is 117 Å². The minimum Gasteiger partial charge on any atom is -0.463 e. The Morgan fingerprint density at radius 3 is 2.32 bits per heavy atom. The molecule has 4 nitrogen and oxygen atoms in total. The van der Waals surface area contributed by atoms with Crippen LogP contribution in [0.5, 0.6) is 0 Å². The second-order valence-corrected chi connectivity index (χ2v) is 4.95. The number of esters is 1. The molecule has 0 aliphatic carbocycles. The SMILES string of the molecule is CCCCC(CC)C(=O)OCCOCCOC(C)C. The average molecular weight is 274 g/mol. The van der Waals surface area contributed by atoms with E-state index in [1.54, 1.807) is 0 Å². The largest absolute Gasteiger partial charge is 0.463 e. The van der Waals surface area contributed by atoms with E-state index in [1.165, 1.54) is 0 Å². The van der Waals surface area contributed by atoms with Gasteiger partial charge in [-0.15, -0.1) is 0 Å². The molecule has 0 aromatic carbocycles. The zero-order valence-corrected chi connectivity index (χ0v) is 12.9. The standard InChI is InChI=1S/C15H30O4/c1-5-7-8-14(6-2)15(16)19-12-10-17-9-11-18-13(3)4/h13-14H,5-12H2,1-4H3. The molecule has 0 aliphatic rings. The summed E-state index contributed by atoms with van der Waals surface area (Å²) >= 11 is 0. The Morgan fingerprint density at radius 2 is 1.74 bits per heavy atom. The van der Waals surface area contributed by atoms with Crippen molar-refractivity contribution >= 4 is 5.97 Å². The lowest BCUT2D eigenvalue weighted by Gasteiger charge is -2.14. The third-order valence-electron chi connectivity index (χ3n) is 2.88. The van der Waals surface area contributed by atoms with Crippen LogP contribution in [0.4, 0.5) is 0 Å². The van der Waals surface area contributed by atoms with E-state index >= 15 is 0 Å². The lowest BCUT2D eigenvalue weighted by molar-refractivity contribution is -0.150. The van der Waals surface area contributed by atoms with Crippen LogP contribution >= 0.6 is 0 Å². The third-order valence-corrected chi connectivity index (χ3v) is 2.88. The second kappa shape index (κ2) is 12.4. The monoisotopic (exact) mass is 274 g/mol. The Kier molecular flexibility index (Phi) is 12.0. The van der Waals surface area contributed by atoms with Gasteiger partial charge < -0.3 is 14.2 Å². The molecule has 0 bridgehead atoms. The van der Waals surface area contributed by atoms with Crippen LogP contribution in [0.3, 0.4) is 0 Å². The summed E-state index contributed by atoms with van der Waals surface area (Å²) in [5.74, 6) is -0.0396. The normalized spacial score (nSPS) is 12.7. The molecule has 0 N–H and O–H groups in total. The summed E-state index contributed by atoms with van der Waals surface area (Å²) in [5.41, 5.74) is 0. The fraction of sp³-hybridized carbons (Fsp3) is 0.933. The summed E-state index contributed by atoms with van der Waals surface area (Å²) in [6, 6.07) is 0. The summed E-state index contributed by atoms with van der Waals surface area (Å²) in [7, 11) is 0. The Bertz CT molecular complexity index is 216. The highest BCUT2D eigenvalue weighted by atomic mass is 16.6. The topological polar surface area (TPSA) is 44.8 Å². The first-order chi connectivity index (χ1) is 9.11. The first kappa shape index (κ1) is 18.4. The number of carbonyl (C=O) groups excluding carboxylic acids is 1. The van der Waals surface area contributed by atoms with Gasteiger partial charge in [-0.1, -0.05) is 26.7 Å². The molecule has 4 heteroatoms. The smallest absolute Gasteiger partial charge is 0.308 e. The van der Waals surface area contributed by atoms with E-state index in [1.807, 2.05) is 20.8 Å². The minimum absolute atomic E-state index is 0.0456. The Morgan fingerprint density at radius 1 is 1.05 bits per heavy atom. The predicted molar refractivity (Wildman–Crippen MR) is 76.2 cm³/mol. The van der Waals surface area contributed by atoms with Gasteiger partial charge in [-0.05, 0) is 26.7 Å². The highest BCUT2D eigenvalue weighted by Crippen LogP contribution is 2.14. The number of carbonyl (C=O) groups is 1. The Balaban J connectivity index is 3.50. The first-order valence-electron chi connectivity index (χ1n) is 7.47. The summed E-state index contributed by atoms with van der Waals surface area (Å²) in [5, 5.41) is 0. The van der Waals surface area contributed by atoms with Crippen molar-refractivity contribution in [1.29, 1.82) is 0 Å². The molecular formula is C15H30O4. The second-order valence-electron chi connectivity index (χ2n) is 4.95. The number of hydrogen-bond acceptors (Lipinski definition) is 4. The van der Waals surface area contributed by atoms with Crippen molar-refractivity contribution in [1.82, 2.24) is 0 Å². The van der Waals surface area contributed by atoms with Gasteiger partial charge in [0.1, 0.15) is 6.61 Å². The number of hydrogen-bond donors (Lipinski definition) is 0. The molecule has 0 fully saturated rings. The molecule has 0 radical (unpaired) electrons. The molecule has 0 aliphatic heterocycles. The summed E-state index contributed by atoms with van der Waals surface area (Å²) in [4.78, 5) is 11.8. The van der Waals surface area contributed by atoms with Gasteiger partial charge in [0, 0.05) is 0 Å². The van der Waals surface area contributed by atoms with Gasteiger partial charge in [-0.3, -0.25) is 4.79 Å². The van der Waals surface area contributed by atoms with Crippen LogP contribution in [0.15, 0.2) is 0 Å². The molecule has 0 rings (SSSR count). The minimum atomic E-state index is -0.0852. The van der Waals surface area contributed by atoms with Gasteiger partial charge in [-0.2, -0.15) is 0 Å². The maximum absolute atomic E-state index is 11.8. The average Bonchev–Trinajstić information content (AvgIpc) is 2.38. The molecule has 1 atom stereocenters. The number of ether oxygens (including phenoxy) is 3. The van der Waals surface area contributed by atoms with E-state index in [4.69, 9.17) is 14.2 Å². The van der Waals surface area contributed by atoms with Gasteiger partial charge in [0.2, 0.25) is 0 Å². The Hall–Kier alpha value is -0.610. The maximum atomic E-state index is 11.8. The van der Waals surface area contributed by atoms with Gasteiger partial charge in [-0.25, -0.2) is 0 Å². The zero-order chi connectivity index (χ0) is 14.5. The van der Waals surface area contributed by atoms with Crippen molar-refractivity contribution in [2.45, 2.75) is 59.5 Å². The summed E-state index contributed by atoms with van der Waals surface area (Å²) in [6.07, 6.45) is 4.20. The lowest BCUT2D eigenvalue weighted by atomic mass is 10.00. The van der Waals surface area contributed by atoms with Gasteiger partial charge >= 0.3 is 5.97 Å². The van der Waals surface area contributed by atoms with Crippen molar-refractivity contribution < 1.29 is 19.0 Å². The molecule has 114 valence electrons. The predicted octanol–water partition coefficient (Wildman–Crippen LogP) is 3.19. The molecule has 0 saturated carbocycles. The third kappa shape index (κ3) is 11.0. The molecule has 1 unspecified atom stereocenters. The van der Waals surface area contributed by atoms with Gasteiger partial charge in [0.15, 0.2) is 0 Å². The van der Waals surface area contributed by atoms with E-state index in [0.29, 0.717) is 26.4 Å². The molecular weight excluding hydrogens is 244 g/mol. The molecule has 0 heterocycles. The first-order valence-corrected chi connectivity index (χ1v) is 7.47. The van der Waals surface area contributed by atoms with Gasteiger partial charge in [0.25, 0.3) is 0 Å². The molecule has 0 aromatic rings. The number of unbranched alkanes of at least 4 members (excludes halogenated alkanes) is 1. The molecule has 19 heavy (non-hydrogen) atoms. The van der Waals surface area contributed by atoms with Crippen molar-refractivity contribution in [3.8, 4) is 0 Å². The van der Waals surface area contributed by atoms with Crippen molar-refractivity contribution in [2.24, 2.45) is 5.92 Å². The van der Waals surface area contributed by atoms with Crippen LogP contribution in [-0.2, 0) is 19.0 Å². The van der Waals surface area contributed by atoms with Crippen LogP contribution in [-0.4, -0.2) is 38.5 Å². The van der Waals surface area contributed by atoms with Gasteiger partial charge in [0.05, 0.1) is 31.8 Å². The van der Waals surface area contributed by atoms with Crippen LogP contribution in [0, 0.1) is 5.92 Å². The highest BCUT2D eigenvalue weighted by molar-refractivity contribution is 5.72. The van der Waals surface area contributed by atoms with Crippen LogP contribution in [0.25, 0.3) is 0 Å². The van der Waals surface area contributed by atoms with E-state index in [9.17, 15) is 4.79 Å². The van der Waals surface area contributed by atoms with E-state index in [-0.39, 0.29) is 18.0 Å². The maximum Gasteiger partial charge on any atom is 0.308 e. The highest BCUT2D eigenvalue weighted by Gasteiger charge is 2.16. The van der Waals surface area contributed by atoms with E-state index < -0.39 is 0 Å². The molecule has 0 saturated heterocycles. The van der Waals surface area contributed by atoms with Crippen molar-refractivity contribution in [2.75, 3.05) is 26.4 Å². The molecule has 0 aromatic heterocycles. The van der Waals surface area contributed by atoms with E-state index in [0.717, 1.165) is 25.7 Å². The van der Waals surface area contributed by atoms with Crippen LogP contribution in [0.2, 0.25) is 0 Å². The lowest BCUT2D eigenvalue weighted by Crippen LogP contribution is -2.20. The quantitative estimate of drug-likeness (QED) is 0.405. The van der Waals surface area contributed by atoms with Crippen LogP contribution < -0.4 is 0 Å². The molecule has 0 spiro atoms. The molecule has 0 amide bonds. The van der Waals surface area contributed by atoms with E-state index in [2.05, 4.69) is 6.92 Å². The summed E-state index contributed by atoms with van der Waals surface area (Å²) in [6.45, 7) is 10.0. The van der Waals surface area contributed by atoms with Crippen LogP contribution in [0.1, 0.15) is 53.4 Å². The van der Waals surface area contributed by atoms with Crippen molar-refractivity contribution in [3.05, 3.63) is 0 Å². The van der Waals surface area contributed by atoms with Crippen molar-refractivity contribution in [3.63, 3.8) is 0 Å². The number of rotatable bonds is 12. The zero-order valence-electron chi connectivity index (χ0n) is 12.9.